The number of rotatable bonds is 11. The van der Waals surface area contributed by atoms with Gasteiger partial charge >= 0.3 is 12.1 Å². The fourth-order valence-electron chi connectivity index (χ4n) is 6.41. The number of nitrogens with zero attached hydrogens (tertiary/aromatic N) is 2. The third-order valence-corrected chi connectivity index (χ3v) is 8.92. The Balaban J connectivity index is 1.72. The van der Waals surface area contributed by atoms with Gasteiger partial charge in [0.1, 0.15) is 23.0 Å². The van der Waals surface area contributed by atoms with Crippen LogP contribution >= 0.6 is 0 Å². The maximum Gasteiger partial charge on any atom is 0.408 e. The molecule has 0 spiro atoms. The number of halogens is 1. The van der Waals surface area contributed by atoms with Crippen LogP contribution in [0.4, 0.5) is 9.18 Å². The predicted octanol–water partition coefficient (Wildman–Crippen LogP) is 5.09. The van der Waals surface area contributed by atoms with Crippen molar-refractivity contribution in [1.29, 1.82) is 0 Å². The first-order chi connectivity index (χ1) is 22.4. The third kappa shape index (κ3) is 10.2. The Bertz CT molecular complexity index is 1350. The van der Waals surface area contributed by atoms with Crippen LogP contribution < -0.4 is 10.6 Å². The highest BCUT2D eigenvalue weighted by Crippen LogP contribution is 2.34. The summed E-state index contributed by atoms with van der Waals surface area (Å²) in [4.78, 5) is 58.5. The highest BCUT2D eigenvalue weighted by atomic mass is 19.1. The molecule has 1 atom stereocenters. The van der Waals surface area contributed by atoms with Crippen molar-refractivity contribution < 1.29 is 33.0 Å². The standard InChI is InChI=1S/C36H49FN4O6/c1-35(2,3)47-34(45)39-30(23-31(42)46-4)32(43)41(25-27-15-17-28(37)18-16-27)36(33(44)38-29-13-9-6-10-14-29)19-21-40(22-20-36)24-26-11-7-5-8-12-26/h5,7-8,11-12,15-18,29-30H,6,9-10,13-14,19-25H2,1-4H3,(H,38,44)(H,39,45)/t30-/m0/s1. The molecule has 2 aromatic carbocycles. The van der Waals surface area contributed by atoms with E-state index in [-0.39, 0.29) is 18.5 Å². The van der Waals surface area contributed by atoms with Crippen LogP contribution in [0.1, 0.15) is 83.3 Å². The van der Waals surface area contributed by atoms with E-state index in [1.807, 2.05) is 18.2 Å². The largest absolute Gasteiger partial charge is 0.469 e. The van der Waals surface area contributed by atoms with E-state index >= 15 is 0 Å². The van der Waals surface area contributed by atoms with Gasteiger partial charge in [0.2, 0.25) is 11.8 Å². The monoisotopic (exact) mass is 652 g/mol. The van der Waals surface area contributed by atoms with Gasteiger partial charge in [0, 0.05) is 32.2 Å². The molecule has 2 aliphatic rings. The van der Waals surface area contributed by atoms with Gasteiger partial charge in [0.05, 0.1) is 13.5 Å². The van der Waals surface area contributed by atoms with Gasteiger partial charge in [0.25, 0.3) is 0 Å². The van der Waals surface area contributed by atoms with E-state index in [0.29, 0.717) is 38.0 Å². The number of esters is 1. The molecule has 0 aromatic heterocycles. The van der Waals surface area contributed by atoms with Gasteiger partial charge in [0.15, 0.2) is 0 Å². The van der Waals surface area contributed by atoms with Crippen LogP contribution in [0.15, 0.2) is 54.6 Å². The zero-order valence-corrected chi connectivity index (χ0v) is 28.1. The van der Waals surface area contributed by atoms with Gasteiger partial charge in [-0.1, -0.05) is 61.7 Å². The molecular weight excluding hydrogens is 603 g/mol. The molecule has 1 saturated carbocycles. The molecule has 1 aliphatic heterocycles. The van der Waals surface area contributed by atoms with E-state index in [9.17, 15) is 23.6 Å². The number of piperidine rings is 1. The van der Waals surface area contributed by atoms with Crippen molar-refractivity contribution in [2.24, 2.45) is 0 Å². The third-order valence-electron chi connectivity index (χ3n) is 8.92. The van der Waals surface area contributed by atoms with E-state index in [4.69, 9.17) is 9.47 Å². The quantitative estimate of drug-likeness (QED) is 0.325. The lowest BCUT2D eigenvalue weighted by Gasteiger charge is -2.49. The molecule has 0 unspecified atom stereocenters. The van der Waals surface area contributed by atoms with E-state index in [2.05, 4.69) is 27.7 Å². The van der Waals surface area contributed by atoms with Crippen molar-refractivity contribution in [3.05, 3.63) is 71.5 Å². The summed E-state index contributed by atoms with van der Waals surface area (Å²) in [5.41, 5.74) is -0.417. The van der Waals surface area contributed by atoms with Crippen LogP contribution in [0.5, 0.6) is 0 Å². The molecule has 2 N–H and O–H groups in total. The molecule has 1 heterocycles. The Morgan fingerprint density at radius 1 is 0.957 bits per heavy atom. The lowest BCUT2D eigenvalue weighted by atomic mass is 9.82. The summed E-state index contributed by atoms with van der Waals surface area (Å²) >= 11 is 0. The smallest absolute Gasteiger partial charge is 0.408 e. The summed E-state index contributed by atoms with van der Waals surface area (Å²) in [6.07, 6.45) is 4.18. The van der Waals surface area contributed by atoms with E-state index in [1.165, 1.54) is 24.1 Å². The minimum Gasteiger partial charge on any atom is -0.469 e. The Hall–Kier alpha value is -3.99. The molecule has 2 fully saturated rings. The van der Waals surface area contributed by atoms with Crippen molar-refractivity contribution in [2.75, 3.05) is 20.2 Å². The number of alkyl carbamates (subject to hydrolysis) is 1. The number of carbonyl (C=O) groups excluding carboxylic acids is 4. The average Bonchev–Trinajstić information content (AvgIpc) is 3.04. The highest BCUT2D eigenvalue weighted by molar-refractivity contribution is 5.96. The Kier molecular flexibility index (Phi) is 12.4. The number of ether oxygens (including phenoxy) is 2. The Morgan fingerprint density at radius 2 is 1.60 bits per heavy atom. The number of hydrogen-bond donors (Lipinski definition) is 2. The van der Waals surface area contributed by atoms with Crippen molar-refractivity contribution in [1.82, 2.24) is 20.4 Å². The summed E-state index contributed by atoms with van der Waals surface area (Å²) in [5.74, 6) is -2.02. The van der Waals surface area contributed by atoms with Crippen molar-refractivity contribution in [3.8, 4) is 0 Å². The first-order valence-electron chi connectivity index (χ1n) is 16.6. The van der Waals surface area contributed by atoms with E-state index < -0.39 is 47.4 Å². The SMILES string of the molecule is COC(=O)C[C@H](NC(=O)OC(C)(C)C)C(=O)N(Cc1ccc(F)cc1)C1(C(=O)NC2CCCCC2)CCN(Cc2ccccc2)CC1. The number of benzene rings is 2. The van der Waals surface area contributed by atoms with Crippen LogP contribution in [0.3, 0.4) is 0 Å². The number of amides is 3. The summed E-state index contributed by atoms with van der Waals surface area (Å²) in [6, 6.07) is 14.4. The minimum absolute atomic E-state index is 0.0102. The molecule has 1 aliphatic carbocycles. The lowest BCUT2D eigenvalue weighted by Crippen LogP contribution is -2.67. The number of likely N-dealkylation sites (tertiary alicyclic amines) is 1. The van der Waals surface area contributed by atoms with Crippen LogP contribution in [-0.2, 0) is 36.9 Å². The molecule has 0 bridgehead atoms. The number of hydrogen-bond acceptors (Lipinski definition) is 7. The summed E-state index contributed by atoms with van der Waals surface area (Å²) < 4.78 is 24.3. The first-order valence-corrected chi connectivity index (χ1v) is 16.6. The van der Waals surface area contributed by atoms with Gasteiger partial charge in [-0.3, -0.25) is 19.3 Å². The zero-order chi connectivity index (χ0) is 34.0. The van der Waals surface area contributed by atoms with Crippen LogP contribution in [-0.4, -0.2) is 77.1 Å². The second kappa shape index (κ2) is 16.2. The normalized spacial score (nSPS) is 17.6. The van der Waals surface area contributed by atoms with Gasteiger partial charge in [-0.05, 0) is 69.7 Å². The molecule has 2 aromatic rings. The predicted molar refractivity (Wildman–Crippen MR) is 175 cm³/mol. The van der Waals surface area contributed by atoms with Crippen LogP contribution in [0, 0.1) is 5.82 Å². The van der Waals surface area contributed by atoms with Crippen molar-refractivity contribution in [2.45, 2.75) is 108 Å². The number of nitrogens with one attached hydrogen (secondary N) is 2. The molecule has 4 rings (SSSR count). The Morgan fingerprint density at radius 3 is 2.19 bits per heavy atom. The van der Waals surface area contributed by atoms with Crippen LogP contribution in [0.2, 0.25) is 0 Å². The molecule has 1 saturated heterocycles. The average molecular weight is 653 g/mol. The summed E-state index contributed by atoms with van der Waals surface area (Å²) in [6.45, 7) is 6.79. The fourth-order valence-corrected chi connectivity index (χ4v) is 6.41. The first kappa shape index (κ1) is 35.9. The fraction of sp³-hybridized carbons (Fsp3) is 0.556. The maximum atomic E-state index is 14.7. The van der Waals surface area contributed by atoms with Gasteiger partial charge < -0.3 is 25.0 Å². The molecule has 3 amide bonds. The molecule has 0 radical (unpaired) electrons. The molecular formula is C36H49FN4O6. The molecule has 256 valence electrons. The molecule has 10 nitrogen and oxygen atoms in total. The van der Waals surface area contributed by atoms with Crippen molar-refractivity contribution in [3.63, 3.8) is 0 Å². The number of carbonyl (C=O) groups is 4. The summed E-state index contributed by atoms with van der Waals surface area (Å²) in [5, 5.41) is 5.85. The van der Waals surface area contributed by atoms with Crippen molar-refractivity contribution >= 4 is 23.9 Å². The van der Waals surface area contributed by atoms with Gasteiger partial charge in [-0.2, -0.15) is 0 Å². The lowest BCUT2D eigenvalue weighted by molar-refractivity contribution is -0.156. The topological polar surface area (TPSA) is 117 Å². The Labute approximate surface area is 277 Å². The number of methoxy groups -OCH3 is 1. The minimum atomic E-state index is -1.38. The molecule has 47 heavy (non-hydrogen) atoms. The highest BCUT2D eigenvalue weighted by Gasteiger charge is 2.50. The van der Waals surface area contributed by atoms with E-state index in [1.54, 1.807) is 32.9 Å². The summed E-state index contributed by atoms with van der Waals surface area (Å²) in [7, 11) is 1.20. The van der Waals surface area contributed by atoms with Gasteiger partial charge in [-0.25, -0.2) is 9.18 Å². The maximum absolute atomic E-state index is 14.7. The second-order valence-electron chi connectivity index (χ2n) is 13.6. The van der Waals surface area contributed by atoms with Gasteiger partial charge in [-0.15, -0.1) is 0 Å². The molecule has 11 heteroatoms. The zero-order valence-electron chi connectivity index (χ0n) is 28.1. The second-order valence-corrected chi connectivity index (χ2v) is 13.6. The van der Waals surface area contributed by atoms with Crippen LogP contribution in [0.25, 0.3) is 0 Å². The van der Waals surface area contributed by atoms with E-state index in [0.717, 1.165) is 37.7 Å².